The number of nitrogens with zero attached hydrogens (tertiary/aromatic N) is 4. The maximum absolute atomic E-state index is 12.6. The number of rotatable bonds is 5. The zero-order valence-electron chi connectivity index (χ0n) is 15.5. The lowest BCUT2D eigenvalue weighted by atomic mass is 10.2. The van der Waals surface area contributed by atoms with E-state index in [-0.39, 0.29) is 11.8 Å². The zero-order valence-corrected chi connectivity index (χ0v) is 15.5. The van der Waals surface area contributed by atoms with Gasteiger partial charge in [-0.3, -0.25) is 9.59 Å². The van der Waals surface area contributed by atoms with Gasteiger partial charge in [-0.1, -0.05) is 0 Å². The SMILES string of the molecule is CCOc1ccc(Nc2ncc(C(=O)N3CCN(C(C)=O)CC3)cn2)cc1. The summed E-state index contributed by atoms with van der Waals surface area (Å²) in [4.78, 5) is 35.8. The molecule has 1 saturated heterocycles. The van der Waals surface area contributed by atoms with Gasteiger partial charge in [0.15, 0.2) is 0 Å². The van der Waals surface area contributed by atoms with Crippen molar-refractivity contribution < 1.29 is 14.3 Å². The van der Waals surface area contributed by atoms with Crippen LogP contribution in [0.1, 0.15) is 24.2 Å². The lowest BCUT2D eigenvalue weighted by Gasteiger charge is -2.34. The number of benzene rings is 1. The van der Waals surface area contributed by atoms with Crippen molar-refractivity contribution in [1.29, 1.82) is 0 Å². The summed E-state index contributed by atoms with van der Waals surface area (Å²) in [6.45, 7) is 6.25. The largest absolute Gasteiger partial charge is 0.494 e. The minimum atomic E-state index is -0.120. The van der Waals surface area contributed by atoms with Crippen molar-refractivity contribution in [3.63, 3.8) is 0 Å². The minimum absolute atomic E-state index is 0.0372. The summed E-state index contributed by atoms with van der Waals surface area (Å²) in [5.41, 5.74) is 1.27. The van der Waals surface area contributed by atoms with Crippen LogP contribution in [0, 0.1) is 0 Å². The molecule has 1 aromatic heterocycles. The number of anilines is 2. The summed E-state index contributed by atoms with van der Waals surface area (Å²) in [5.74, 6) is 1.13. The lowest BCUT2D eigenvalue weighted by Crippen LogP contribution is -2.50. The molecule has 2 heterocycles. The second-order valence-corrected chi connectivity index (χ2v) is 6.18. The highest BCUT2D eigenvalue weighted by molar-refractivity contribution is 5.94. The molecule has 0 bridgehead atoms. The van der Waals surface area contributed by atoms with Crippen molar-refractivity contribution in [3.8, 4) is 5.75 Å². The molecule has 0 radical (unpaired) electrons. The minimum Gasteiger partial charge on any atom is -0.494 e. The topological polar surface area (TPSA) is 87.7 Å². The number of hydrogen-bond acceptors (Lipinski definition) is 6. The van der Waals surface area contributed by atoms with Gasteiger partial charge in [-0.15, -0.1) is 0 Å². The number of ether oxygens (including phenoxy) is 1. The Bertz CT molecular complexity index is 784. The van der Waals surface area contributed by atoms with E-state index in [2.05, 4.69) is 15.3 Å². The van der Waals surface area contributed by atoms with E-state index < -0.39 is 0 Å². The Hall–Kier alpha value is -3.16. The van der Waals surface area contributed by atoms with Gasteiger partial charge in [0.25, 0.3) is 5.91 Å². The van der Waals surface area contributed by atoms with Crippen LogP contribution in [0.5, 0.6) is 5.75 Å². The Morgan fingerprint density at radius 3 is 2.19 bits per heavy atom. The summed E-state index contributed by atoms with van der Waals surface area (Å²) in [7, 11) is 0. The molecule has 2 amide bonds. The fraction of sp³-hybridized carbons (Fsp3) is 0.368. The Balaban J connectivity index is 1.58. The van der Waals surface area contributed by atoms with E-state index in [0.717, 1.165) is 11.4 Å². The number of carbonyl (C=O) groups is 2. The number of nitrogens with one attached hydrogen (secondary N) is 1. The first-order valence-electron chi connectivity index (χ1n) is 8.93. The van der Waals surface area contributed by atoms with Gasteiger partial charge in [0, 0.05) is 51.2 Å². The molecule has 0 aliphatic carbocycles. The number of piperazine rings is 1. The summed E-state index contributed by atoms with van der Waals surface area (Å²) in [6.07, 6.45) is 3.03. The van der Waals surface area contributed by atoms with E-state index in [1.165, 1.54) is 12.4 Å². The van der Waals surface area contributed by atoms with Crippen molar-refractivity contribution in [2.45, 2.75) is 13.8 Å². The summed E-state index contributed by atoms with van der Waals surface area (Å²) < 4.78 is 5.41. The van der Waals surface area contributed by atoms with Crippen molar-refractivity contribution >= 4 is 23.5 Å². The maximum Gasteiger partial charge on any atom is 0.257 e. The average Bonchev–Trinajstić information content (AvgIpc) is 2.70. The summed E-state index contributed by atoms with van der Waals surface area (Å²) >= 11 is 0. The summed E-state index contributed by atoms with van der Waals surface area (Å²) in [5, 5.41) is 3.09. The third kappa shape index (κ3) is 4.72. The first kappa shape index (κ1) is 18.6. The molecule has 0 spiro atoms. The Morgan fingerprint density at radius 2 is 1.63 bits per heavy atom. The molecule has 0 unspecified atom stereocenters. The van der Waals surface area contributed by atoms with Gasteiger partial charge in [0.1, 0.15) is 5.75 Å². The van der Waals surface area contributed by atoms with Crippen molar-refractivity contribution in [3.05, 3.63) is 42.2 Å². The number of hydrogen-bond donors (Lipinski definition) is 1. The number of amides is 2. The predicted molar refractivity (Wildman–Crippen MR) is 101 cm³/mol. The second-order valence-electron chi connectivity index (χ2n) is 6.18. The highest BCUT2D eigenvalue weighted by Gasteiger charge is 2.23. The van der Waals surface area contributed by atoms with Crippen LogP contribution < -0.4 is 10.1 Å². The lowest BCUT2D eigenvalue weighted by molar-refractivity contribution is -0.130. The van der Waals surface area contributed by atoms with Crippen LogP contribution in [0.4, 0.5) is 11.6 Å². The smallest absolute Gasteiger partial charge is 0.257 e. The molecule has 142 valence electrons. The maximum atomic E-state index is 12.6. The molecule has 0 atom stereocenters. The van der Waals surface area contributed by atoms with Gasteiger partial charge in [-0.05, 0) is 31.2 Å². The van der Waals surface area contributed by atoms with Crippen LogP contribution in [0.25, 0.3) is 0 Å². The van der Waals surface area contributed by atoms with Crippen LogP contribution in [-0.2, 0) is 4.79 Å². The number of carbonyl (C=O) groups excluding carboxylic acids is 2. The van der Waals surface area contributed by atoms with E-state index in [4.69, 9.17) is 4.74 Å². The van der Waals surface area contributed by atoms with E-state index in [9.17, 15) is 9.59 Å². The molecule has 3 rings (SSSR count). The van der Waals surface area contributed by atoms with Crippen molar-refractivity contribution in [2.24, 2.45) is 0 Å². The van der Waals surface area contributed by atoms with Gasteiger partial charge in [-0.2, -0.15) is 0 Å². The first-order valence-corrected chi connectivity index (χ1v) is 8.93. The molecule has 0 saturated carbocycles. The van der Waals surface area contributed by atoms with Gasteiger partial charge in [0.2, 0.25) is 11.9 Å². The van der Waals surface area contributed by atoms with Crippen LogP contribution in [0.15, 0.2) is 36.7 Å². The molecule has 27 heavy (non-hydrogen) atoms. The molecule has 8 heteroatoms. The number of aromatic nitrogens is 2. The van der Waals surface area contributed by atoms with Gasteiger partial charge in [-0.25, -0.2) is 9.97 Å². The Labute approximate surface area is 158 Å². The van der Waals surface area contributed by atoms with Crippen LogP contribution in [0.3, 0.4) is 0 Å². The molecule has 1 aliphatic heterocycles. The fourth-order valence-corrected chi connectivity index (χ4v) is 2.84. The van der Waals surface area contributed by atoms with Gasteiger partial charge >= 0.3 is 0 Å². The van der Waals surface area contributed by atoms with E-state index in [0.29, 0.717) is 44.3 Å². The van der Waals surface area contributed by atoms with Crippen LogP contribution in [0.2, 0.25) is 0 Å². The molecule has 1 fully saturated rings. The molecule has 1 aromatic carbocycles. The first-order chi connectivity index (χ1) is 13.1. The third-order valence-electron chi connectivity index (χ3n) is 4.33. The standard InChI is InChI=1S/C19H23N5O3/c1-3-27-17-6-4-16(5-7-17)22-19-20-12-15(13-21-19)18(26)24-10-8-23(9-11-24)14(2)25/h4-7,12-13H,3,8-11H2,1-2H3,(H,20,21,22). The fourth-order valence-electron chi connectivity index (χ4n) is 2.84. The highest BCUT2D eigenvalue weighted by Crippen LogP contribution is 2.18. The highest BCUT2D eigenvalue weighted by atomic mass is 16.5. The zero-order chi connectivity index (χ0) is 19.2. The Kier molecular flexibility index (Phi) is 5.85. The second kappa shape index (κ2) is 8.48. The predicted octanol–water partition coefficient (Wildman–Crippen LogP) is 1.92. The molecule has 1 aliphatic rings. The molecule has 2 aromatic rings. The molecular weight excluding hydrogens is 346 g/mol. The molecule has 1 N–H and O–H groups in total. The average molecular weight is 369 g/mol. The molecule has 8 nitrogen and oxygen atoms in total. The van der Waals surface area contributed by atoms with Crippen molar-refractivity contribution in [2.75, 3.05) is 38.1 Å². The van der Waals surface area contributed by atoms with E-state index in [1.54, 1.807) is 16.7 Å². The monoisotopic (exact) mass is 369 g/mol. The quantitative estimate of drug-likeness (QED) is 0.866. The third-order valence-corrected chi connectivity index (χ3v) is 4.33. The Morgan fingerprint density at radius 1 is 1.04 bits per heavy atom. The van der Waals surface area contributed by atoms with Crippen molar-refractivity contribution in [1.82, 2.24) is 19.8 Å². The molecular formula is C19H23N5O3. The van der Waals surface area contributed by atoms with E-state index in [1.807, 2.05) is 31.2 Å². The van der Waals surface area contributed by atoms with Crippen LogP contribution in [-0.4, -0.2) is 64.4 Å². The summed E-state index contributed by atoms with van der Waals surface area (Å²) in [6, 6.07) is 7.48. The normalized spacial score (nSPS) is 14.0. The van der Waals surface area contributed by atoms with Gasteiger partial charge < -0.3 is 19.9 Å². The van der Waals surface area contributed by atoms with Gasteiger partial charge in [0.05, 0.1) is 12.2 Å². The van der Waals surface area contributed by atoms with Crippen LogP contribution >= 0.6 is 0 Å². The van der Waals surface area contributed by atoms with E-state index >= 15 is 0 Å².